The van der Waals surface area contributed by atoms with E-state index in [4.69, 9.17) is 0 Å². The van der Waals surface area contributed by atoms with Crippen molar-refractivity contribution in [1.29, 1.82) is 0 Å². The van der Waals surface area contributed by atoms with Gasteiger partial charge in [-0.15, -0.1) is 13.2 Å². The van der Waals surface area contributed by atoms with Gasteiger partial charge in [0.2, 0.25) is 0 Å². The first-order valence-corrected chi connectivity index (χ1v) is 12.1. The van der Waals surface area contributed by atoms with Crippen molar-refractivity contribution in [3.05, 3.63) is 90.0 Å². The topological polar surface area (TPSA) is 97.4 Å². The van der Waals surface area contributed by atoms with Crippen LogP contribution in [0, 0.1) is 5.82 Å². The lowest BCUT2D eigenvalue weighted by Gasteiger charge is -2.12. The van der Waals surface area contributed by atoms with Crippen LogP contribution in [-0.4, -0.2) is 31.5 Å². The minimum atomic E-state index is -4.79. The van der Waals surface area contributed by atoms with Gasteiger partial charge >= 0.3 is 6.36 Å². The third-order valence-corrected chi connectivity index (χ3v) is 6.33. The molecule has 2 N–H and O–H groups in total. The van der Waals surface area contributed by atoms with Gasteiger partial charge in [-0.05, 0) is 73.2 Å². The number of alkyl halides is 3. The Kier molecular flexibility index (Phi) is 8.30. The molecule has 0 saturated carbocycles. The van der Waals surface area contributed by atoms with Gasteiger partial charge in [-0.25, -0.2) is 12.8 Å². The second-order valence-electron chi connectivity index (χ2n) is 7.40. The molecule has 1 aromatic heterocycles. The summed E-state index contributed by atoms with van der Waals surface area (Å²) in [7, 11) is -3.81. The monoisotopic (exact) mass is 523 g/mol. The molecule has 12 heteroatoms. The fourth-order valence-electron chi connectivity index (χ4n) is 3.06. The van der Waals surface area contributed by atoms with E-state index in [0.29, 0.717) is 16.8 Å². The SMILES string of the molecule is C/C=C(\NCS(=O)(=O)c1ccc(F)cc1)C(=O)NCc1ccnc(-c2ccc(OC(F)(F)F)cc2)c1. The number of ether oxygens (including phenoxy) is 1. The Morgan fingerprint density at radius 2 is 1.69 bits per heavy atom. The number of hydrogen-bond acceptors (Lipinski definition) is 6. The summed E-state index contributed by atoms with van der Waals surface area (Å²) in [6.07, 6.45) is -1.89. The highest BCUT2D eigenvalue weighted by atomic mass is 32.2. The molecular weight excluding hydrogens is 502 g/mol. The Labute approximate surface area is 204 Å². The van der Waals surface area contributed by atoms with Crippen LogP contribution in [0.4, 0.5) is 17.6 Å². The second-order valence-corrected chi connectivity index (χ2v) is 9.39. The maximum atomic E-state index is 13.0. The smallest absolute Gasteiger partial charge is 0.406 e. The number of hydrogen-bond donors (Lipinski definition) is 2. The average Bonchev–Trinajstić information content (AvgIpc) is 2.83. The quantitative estimate of drug-likeness (QED) is 0.246. The number of aromatic nitrogens is 1. The van der Waals surface area contributed by atoms with Gasteiger partial charge in [-0.1, -0.05) is 6.08 Å². The van der Waals surface area contributed by atoms with Crippen LogP contribution in [0.25, 0.3) is 11.3 Å². The van der Waals surface area contributed by atoms with E-state index < -0.39 is 33.8 Å². The summed E-state index contributed by atoms with van der Waals surface area (Å²) in [6, 6.07) is 12.8. The molecule has 0 unspecified atom stereocenters. The van der Waals surface area contributed by atoms with Crippen molar-refractivity contribution in [3.63, 3.8) is 0 Å². The number of rotatable bonds is 9. The van der Waals surface area contributed by atoms with Gasteiger partial charge in [0, 0.05) is 18.3 Å². The van der Waals surface area contributed by atoms with Crippen LogP contribution in [-0.2, 0) is 21.2 Å². The third kappa shape index (κ3) is 7.54. The first-order valence-electron chi connectivity index (χ1n) is 10.4. The first-order chi connectivity index (χ1) is 17.0. The summed E-state index contributed by atoms with van der Waals surface area (Å²) in [4.78, 5) is 16.6. The molecule has 3 rings (SSSR count). The second kappa shape index (κ2) is 11.2. The third-order valence-electron chi connectivity index (χ3n) is 4.82. The molecule has 1 heterocycles. The molecule has 2 aromatic carbocycles. The normalized spacial score (nSPS) is 12.2. The number of nitrogens with zero attached hydrogens (tertiary/aromatic N) is 1. The molecule has 0 aliphatic rings. The van der Waals surface area contributed by atoms with E-state index >= 15 is 0 Å². The maximum Gasteiger partial charge on any atom is 0.573 e. The first kappa shape index (κ1) is 26.7. The van der Waals surface area contributed by atoms with Crippen molar-refractivity contribution >= 4 is 15.7 Å². The molecule has 0 radical (unpaired) electrons. The molecule has 190 valence electrons. The van der Waals surface area contributed by atoms with E-state index in [2.05, 4.69) is 20.4 Å². The summed E-state index contributed by atoms with van der Waals surface area (Å²) in [6.45, 7) is 1.64. The predicted molar refractivity (Wildman–Crippen MR) is 124 cm³/mol. The molecule has 0 fully saturated rings. The molecule has 0 aliphatic carbocycles. The van der Waals surface area contributed by atoms with E-state index in [1.807, 2.05) is 0 Å². The van der Waals surface area contributed by atoms with Gasteiger partial charge in [0.1, 0.15) is 17.4 Å². The molecular formula is C24H21F4N3O4S. The Bertz CT molecular complexity index is 1340. The highest BCUT2D eigenvalue weighted by Crippen LogP contribution is 2.26. The Balaban J connectivity index is 1.60. The standard InChI is InChI=1S/C24H21F4N3O4S/c1-2-21(31-15-36(33,34)20-9-5-18(25)6-10-20)23(32)30-14-16-11-12-29-22(13-16)17-3-7-19(8-4-17)35-24(26,27)28/h2-13,31H,14-15H2,1H3,(H,30,32)/b21-2-. The lowest BCUT2D eigenvalue weighted by molar-refractivity contribution is -0.274. The number of carbonyl (C=O) groups excluding carboxylic acids is 1. The number of benzene rings is 2. The maximum absolute atomic E-state index is 13.0. The number of allylic oxidation sites excluding steroid dienone is 1. The lowest BCUT2D eigenvalue weighted by Crippen LogP contribution is -2.34. The highest BCUT2D eigenvalue weighted by Gasteiger charge is 2.31. The van der Waals surface area contributed by atoms with Crippen LogP contribution in [0.15, 0.2) is 83.5 Å². The molecule has 7 nitrogen and oxygen atoms in total. The number of pyridine rings is 1. The molecule has 3 aromatic rings. The van der Waals surface area contributed by atoms with Crippen LogP contribution in [0.2, 0.25) is 0 Å². The van der Waals surface area contributed by atoms with Crippen LogP contribution < -0.4 is 15.4 Å². The van der Waals surface area contributed by atoms with Gasteiger partial charge < -0.3 is 15.4 Å². The fraction of sp³-hybridized carbons (Fsp3) is 0.167. The van der Waals surface area contributed by atoms with E-state index in [1.165, 1.54) is 36.5 Å². The van der Waals surface area contributed by atoms with E-state index in [1.54, 1.807) is 19.1 Å². The average molecular weight is 524 g/mol. The molecule has 0 aliphatic heterocycles. The zero-order valence-electron chi connectivity index (χ0n) is 18.8. The van der Waals surface area contributed by atoms with Crippen molar-refractivity contribution < 1.29 is 35.5 Å². The Morgan fingerprint density at radius 3 is 2.31 bits per heavy atom. The zero-order valence-corrected chi connectivity index (χ0v) is 19.7. The van der Waals surface area contributed by atoms with Crippen molar-refractivity contribution in [2.45, 2.75) is 24.7 Å². The van der Waals surface area contributed by atoms with Crippen LogP contribution in [0.1, 0.15) is 12.5 Å². The van der Waals surface area contributed by atoms with Crippen molar-refractivity contribution in [2.75, 3.05) is 5.88 Å². The van der Waals surface area contributed by atoms with Crippen LogP contribution in [0.3, 0.4) is 0 Å². The Morgan fingerprint density at radius 1 is 1.03 bits per heavy atom. The molecule has 0 spiro atoms. The van der Waals surface area contributed by atoms with Gasteiger partial charge in [0.25, 0.3) is 5.91 Å². The lowest BCUT2D eigenvalue weighted by atomic mass is 10.1. The van der Waals surface area contributed by atoms with Crippen molar-refractivity contribution in [2.24, 2.45) is 0 Å². The van der Waals surface area contributed by atoms with Crippen molar-refractivity contribution in [1.82, 2.24) is 15.6 Å². The van der Waals surface area contributed by atoms with E-state index in [9.17, 15) is 30.8 Å². The largest absolute Gasteiger partial charge is 0.573 e. The van der Waals surface area contributed by atoms with Gasteiger partial charge in [0.05, 0.1) is 16.3 Å². The predicted octanol–water partition coefficient (Wildman–Crippen LogP) is 4.33. The number of halogens is 4. The highest BCUT2D eigenvalue weighted by molar-refractivity contribution is 7.91. The van der Waals surface area contributed by atoms with Crippen LogP contribution in [0.5, 0.6) is 5.75 Å². The molecule has 0 atom stereocenters. The molecule has 36 heavy (non-hydrogen) atoms. The number of sulfone groups is 1. The van der Waals surface area contributed by atoms with Gasteiger partial charge in [-0.2, -0.15) is 0 Å². The van der Waals surface area contributed by atoms with Crippen LogP contribution >= 0.6 is 0 Å². The summed E-state index contributed by atoms with van der Waals surface area (Å²) in [5.41, 5.74) is 1.68. The minimum absolute atomic E-state index is 0.0234. The number of nitrogens with one attached hydrogen (secondary N) is 2. The minimum Gasteiger partial charge on any atom is -0.406 e. The number of carbonyl (C=O) groups is 1. The molecule has 1 amide bonds. The Hall–Kier alpha value is -3.93. The van der Waals surface area contributed by atoms with Gasteiger partial charge in [0.15, 0.2) is 9.84 Å². The van der Waals surface area contributed by atoms with Crippen molar-refractivity contribution in [3.8, 4) is 17.0 Å². The molecule has 0 bridgehead atoms. The zero-order chi connectivity index (χ0) is 26.3. The summed E-state index contributed by atoms with van der Waals surface area (Å²) in [5.74, 6) is -2.05. The van der Waals surface area contributed by atoms with E-state index in [-0.39, 0.29) is 22.9 Å². The fourth-order valence-corrected chi connectivity index (χ4v) is 4.12. The summed E-state index contributed by atoms with van der Waals surface area (Å²) >= 11 is 0. The molecule has 0 saturated heterocycles. The number of amides is 1. The summed E-state index contributed by atoms with van der Waals surface area (Å²) < 4.78 is 78.7. The van der Waals surface area contributed by atoms with Gasteiger partial charge in [-0.3, -0.25) is 9.78 Å². The van der Waals surface area contributed by atoms with E-state index in [0.717, 1.165) is 24.3 Å². The summed E-state index contributed by atoms with van der Waals surface area (Å²) in [5, 5.41) is 5.24.